The lowest BCUT2D eigenvalue weighted by molar-refractivity contribution is 0.310. The van der Waals surface area contributed by atoms with Crippen LogP contribution in [0.1, 0.15) is 24.0 Å². The van der Waals surface area contributed by atoms with Crippen LogP contribution in [-0.4, -0.2) is 15.0 Å². The van der Waals surface area contributed by atoms with Gasteiger partial charge in [-0.2, -0.15) is 0 Å². The maximum Gasteiger partial charge on any atom is 0.261 e. The van der Waals surface area contributed by atoms with Crippen LogP contribution in [0.4, 0.5) is 0 Å². The Bertz CT molecular complexity index is 571. The van der Waals surface area contributed by atoms with E-state index in [0.717, 1.165) is 12.0 Å². The van der Waals surface area contributed by atoms with Gasteiger partial charge in [0.2, 0.25) is 0 Å². The van der Waals surface area contributed by atoms with Crippen LogP contribution in [0.3, 0.4) is 0 Å². The van der Waals surface area contributed by atoms with Crippen LogP contribution in [-0.2, 0) is 9.05 Å². The van der Waals surface area contributed by atoms with Crippen molar-refractivity contribution in [1.82, 2.24) is 0 Å². The van der Waals surface area contributed by atoms with Crippen LogP contribution in [0.15, 0.2) is 17.0 Å². The second-order valence-corrected chi connectivity index (χ2v) is 6.51. The molecule has 0 aliphatic carbocycles. The smallest absolute Gasteiger partial charge is 0.261 e. The lowest BCUT2D eigenvalue weighted by atomic mass is 10.1. The predicted octanol–water partition coefficient (Wildman–Crippen LogP) is 3.02. The van der Waals surface area contributed by atoms with Gasteiger partial charge in [-0.15, -0.1) is 12.3 Å². The molecule has 0 saturated heterocycles. The number of hydrogen-bond donors (Lipinski definition) is 0. The number of hydrogen-bond acceptors (Lipinski definition) is 3. The SMILES string of the molecule is C#CCCCOc1cc(C)c(S(=O)(=O)Cl)cc1C. The fraction of sp³-hybridized carbons (Fsp3) is 0.385. The van der Waals surface area contributed by atoms with E-state index >= 15 is 0 Å². The summed E-state index contributed by atoms with van der Waals surface area (Å²) in [5, 5.41) is 0. The summed E-state index contributed by atoms with van der Waals surface area (Å²) in [6, 6.07) is 3.20. The Balaban J connectivity index is 2.91. The lowest BCUT2D eigenvalue weighted by Gasteiger charge is -2.11. The maximum atomic E-state index is 11.3. The van der Waals surface area contributed by atoms with Gasteiger partial charge in [-0.3, -0.25) is 0 Å². The second-order valence-electron chi connectivity index (χ2n) is 3.98. The average Bonchev–Trinajstić information content (AvgIpc) is 2.27. The van der Waals surface area contributed by atoms with Crippen LogP contribution in [0.2, 0.25) is 0 Å². The first-order valence-corrected chi connectivity index (χ1v) is 7.79. The standard InChI is InChI=1S/C13H15ClO3S/c1-4-5-6-7-17-12-8-11(3)13(9-10(12)2)18(14,15)16/h1,8-9H,5-7H2,2-3H3. The highest BCUT2D eigenvalue weighted by molar-refractivity contribution is 8.13. The van der Waals surface area contributed by atoms with Crippen LogP contribution in [0.25, 0.3) is 0 Å². The highest BCUT2D eigenvalue weighted by atomic mass is 35.7. The van der Waals surface area contributed by atoms with Crippen molar-refractivity contribution in [1.29, 1.82) is 0 Å². The third-order valence-electron chi connectivity index (χ3n) is 2.46. The van der Waals surface area contributed by atoms with Crippen LogP contribution >= 0.6 is 10.7 Å². The highest BCUT2D eigenvalue weighted by Crippen LogP contribution is 2.27. The quantitative estimate of drug-likeness (QED) is 0.475. The zero-order chi connectivity index (χ0) is 13.8. The molecule has 0 N–H and O–H groups in total. The topological polar surface area (TPSA) is 43.4 Å². The minimum absolute atomic E-state index is 0.123. The molecule has 18 heavy (non-hydrogen) atoms. The summed E-state index contributed by atoms with van der Waals surface area (Å²) in [6.07, 6.45) is 6.57. The summed E-state index contributed by atoms with van der Waals surface area (Å²) < 4.78 is 28.2. The summed E-state index contributed by atoms with van der Waals surface area (Å²) in [5.74, 6) is 3.19. The zero-order valence-corrected chi connectivity index (χ0v) is 11.9. The summed E-state index contributed by atoms with van der Waals surface area (Å²) in [7, 11) is 1.63. The minimum atomic E-state index is -3.71. The molecule has 0 aliphatic rings. The van der Waals surface area contributed by atoms with E-state index in [4.69, 9.17) is 21.8 Å². The van der Waals surface area contributed by atoms with Crippen molar-refractivity contribution in [3.8, 4) is 18.1 Å². The molecular weight excluding hydrogens is 272 g/mol. The van der Waals surface area contributed by atoms with E-state index in [1.807, 2.05) is 0 Å². The molecular formula is C13H15ClO3S. The van der Waals surface area contributed by atoms with Gasteiger partial charge in [0.05, 0.1) is 11.5 Å². The molecule has 1 aromatic rings. The van der Waals surface area contributed by atoms with Crippen molar-refractivity contribution in [3.63, 3.8) is 0 Å². The number of ether oxygens (including phenoxy) is 1. The Morgan fingerprint density at radius 1 is 1.33 bits per heavy atom. The third kappa shape index (κ3) is 3.94. The van der Waals surface area contributed by atoms with E-state index in [-0.39, 0.29) is 4.90 Å². The molecule has 0 saturated carbocycles. The second kappa shape index (κ2) is 6.12. The van der Waals surface area contributed by atoms with Crippen molar-refractivity contribution in [2.24, 2.45) is 0 Å². The van der Waals surface area contributed by atoms with Gasteiger partial charge in [0.25, 0.3) is 9.05 Å². The summed E-state index contributed by atoms with van der Waals surface area (Å²) in [5.41, 5.74) is 1.31. The molecule has 0 atom stereocenters. The van der Waals surface area contributed by atoms with E-state index in [9.17, 15) is 8.42 Å². The summed E-state index contributed by atoms with van der Waals surface area (Å²) in [4.78, 5) is 0.123. The molecule has 0 amide bonds. The number of benzene rings is 1. The van der Waals surface area contributed by atoms with Crippen LogP contribution in [0.5, 0.6) is 5.75 Å². The van der Waals surface area contributed by atoms with E-state index < -0.39 is 9.05 Å². The maximum absolute atomic E-state index is 11.3. The highest BCUT2D eigenvalue weighted by Gasteiger charge is 2.15. The first-order valence-electron chi connectivity index (χ1n) is 5.48. The number of aryl methyl sites for hydroxylation is 2. The van der Waals surface area contributed by atoms with Crippen molar-refractivity contribution in [2.75, 3.05) is 6.61 Å². The molecule has 0 bridgehead atoms. The predicted molar refractivity (Wildman–Crippen MR) is 72.5 cm³/mol. The van der Waals surface area contributed by atoms with Crippen LogP contribution < -0.4 is 4.74 Å². The molecule has 5 heteroatoms. The molecule has 0 aromatic heterocycles. The van der Waals surface area contributed by atoms with Gasteiger partial charge >= 0.3 is 0 Å². The number of terminal acetylenes is 1. The first-order chi connectivity index (χ1) is 8.36. The van der Waals surface area contributed by atoms with Crippen molar-refractivity contribution >= 4 is 19.7 Å². The van der Waals surface area contributed by atoms with E-state index in [1.54, 1.807) is 19.9 Å². The average molecular weight is 287 g/mol. The van der Waals surface area contributed by atoms with Gasteiger partial charge in [0, 0.05) is 17.1 Å². The zero-order valence-electron chi connectivity index (χ0n) is 10.4. The van der Waals surface area contributed by atoms with Gasteiger partial charge in [-0.25, -0.2) is 8.42 Å². The Hall–Kier alpha value is -1.18. The number of halogens is 1. The molecule has 0 radical (unpaired) electrons. The van der Waals surface area contributed by atoms with Gasteiger partial charge in [-0.1, -0.05) is 0 Å². The molecule has 0 fully saturated rings. The summed E-state index contributed by atoms with van der Waals surface area (Å²) in [6.45, 7) is 3.97. The molecule has 0 aliphatic heterocycles. The van der Waals surface area contributed by atoms with Gasteiger partial charge in [-0.05, 0) is 43.5 Å². The molecule has 1 aromatic carbocycles. The van der Waals surface area contributed by atoms with E-state index in [1.165, 1.54) is 6.07 Å². The summed E-state index contributed by atoms with van der Waals surface area (Å²) >= 11 is 0. The van der Waals surface area contributed by atoms with Crippen molar-refractivity contribution in [2.45, 2.75) is 31.6 Å². The van der Waals surface area contributed by atoms with Crippen molar-refractivity contribution < 1.29 is 13.2 Å². The molecule has 98 valence electrons. The fourth-order valence-electron chi connectivity index (χ4n) is 1.54. The van der Waals surface area contributed by atoms with E-state index in [2.05, 4.69) is 5.92 Å². The molecule has 3 nitrogen and oxygen atoms in total. The monoisotopic (exact) mass is 286 g/mol. The van der Waals surface area contributed by atoms with Gasteiger partial charge in [0.15, 0.2) is 0 Å². The molecule has 0 spiro atoms. The van der Waals surface area contributed by atoms with Gasteiger partial charge in [0.1, 0.15) is 5.75 Å². The number of rotatable bonds is 5. The minimum Gasteiger partial charge on any atom is -0.493 e. The Morgan fingerprint density at radius 2 is 2.00 bits per heavy atom. The Labute approximate surface area is 113 Å². The van der Waals surface area contributed by atoms with E-state index in [0.29, 0.717) is 24.3 Å². The third-order valence-corrected chi connectivity index (χ3v) is 3.92. The largest absolute Gasteiger partial charge is 0.493 e. The Morgan fingerprint density at radius 3 is 2.56 bits per heavy atom. The molecule has 1 rings (SSSR count). The molecule has 0 heterocycles. The number of unbranched alkanes of at least 4 members (excludes halogenated alkanes) is 1. The normalized spacial score (nSPS) is 11.0. The van der Waals surface area contributed by atoms with Crippen molar-refractivity contribution in [3.05, 3.63) is 23.3 Å². The first kappa shape index (κ1) is 14.9. The molecule has 0 unspecified atom stereocenters. The van der Waals surface area contributed by atoms with Gasteiger partial charge < -0.3 is 4.74 Å². The fourth-order valence-corrected chi connectivity index (χ4v) is 2.80. The lowest BCUT2D eigenvalue weighted by Crippen LogP contribution is -2.01. The Kier molecular flexibility index (Phi) is 5.06. The van der Waals surface area contributed by atoms with Crippen LogP contribution in [0, 0.1) is 26.2 Å².